The van der Waals surface area contributed by atoms with Crippen LogP contribution in [0.2, 0.25) is 0 Å². The molecule has 6 heteroatoms. The molecule has 0 aliphatic rings. The minimum absolute atomic E-state index is 0.706. The van der Waals surface area contributed by atoms with Crippen molar-refractivity contribution in [3.8, 4) is 0 Å². The summed E-state index contributed by atoms with van der Waals surface area (Å²) in [6.07, 6.45) is 7.34. The molecule has 2 heterocycles. The Morgan fingerprint density at radius 3 is 3.00 bits per heavy atom. The van der Waals surface area contributed by atoms with Gasteiger partial charge in [-0.15, -0.1) is 5.10 Å². The van der Waals surface area contributed by atoms with Crippen molar-refractivity contribution in [2.45, 2.75) is 13.1 Å². The van der Waals surface area contributed by atoms with Crippen LogP contribution >= 0.6 is 0 Å². The van der Waals surface area contributed by atoms with E-state index in [9.17, 15) is 0 Å². The highest BCUT2D eigenvalue weighted by atomic mass is 15.4. The van der Waals surface area contributed by atoms with Crippen molar-refractivity contribution in [2.24, 2.45) is 7.05 Å². The van der Waals surface area contributed by atoms with Gasteiger partial charge in [-0.2, -0.15) is 0 Å². The molecule has 2 aromatic heterocycles. The third-order valence-electron chi connectivity index (χ3n) is 3.13. The summed E-state index contributed by atoms with van der Waals surface area (Å²) in [5, 5.41) is 11.2. The van der Waals surface area contributed by atoms with Crippen LogP contribution in [0.25, 0.3) is 0 Å². The lowest BCUT2D eigenvalue weighted by molar-refractivity contribution is 0.683. The molecule has 0 atom stereocenters. The van der Waals surface area contributed by atoms with Crippen LogP contribution in [0.15, 0.2) is 49.2 Å². The lowest BCUT2D eigenvalue weighted by Gasteiger charge is -2.08. The van der Waals surface area contributed by atoms with Crippen molar-refractivity contribution in [3.05, 3.63) is 60.4 Å². The van der Waals surface area contributed by atoms with Crippen LogP contribution in [0.5, 0.6) is 0 Å². The van der Waals surface area contributed by atoms with Crippen LogP contribution in [0.1, 0.15) is 11.3 Å². The van der Waals surface area contributed by atoms with Gasteiger partial charge in [-0.25, -0.2) is 4.98 Å². The summed E-state index contributed by atoms with van der Waals surface area (Å²) in [7, 11) is 1.89. The van der Waals surface area contributed by atoms with Gasteiger partial charge in [0.2, 0.25) is 0 Å². The molecule has 1 aromatic carbocycles. The maximum atomic E-state index is 4.05. The van der Waals surface area contributed by atoms with Crippen LogP contribution in [0.4, 0.5) is 5.69 Å². The van der Waals surface area contributed by atoms with Crippen molar-refractivity contribution < 1.29 is 0 Å². The molecule has 3 aromatic rings. The van der Waals surface area contributed by atoms with E-state index in [2.05, 4.69) is 44.9 Å². The Morgan fingerprint density at radius 2 is 2.25 bits per heavy atom. The fourth-order valence-corrected chi connectivity index (χ4v) is 2.03. The molecule has 0 aliphatic heterocycles. The minimum atomic E-state index is 0.706. The second-order valence-corrected chi connectivity index (χ2v) is 4.64. The maximum absolute atomic E-state index is 4.05. The first kappa shape index (κ1) is 12.4. The van der Waals surface area contributed by atoms with Gasteiger partial charge in [-0.05, 0) is 17.7 Å². The average Bonchev–Trinajstić information content (AvgIpc) is 3.09. The van der Waals surface area contributed by atoms with Crippen LogP contribution < -0.4 is 5.32 Å². The van der Waals surface area contributed by atoms with Gasteiger partial charge < -0.3 is 9.88 Å². The molecule has 3 rings (SSSR count). The monoisotopic (exact) mass is 268 g/mol. The zero-order chi connectivity index (χ0) is 13.8. The first-order chi connectivity index (χ1) is 9.81. The summed E-state index contributed by atoms with van der Waals surface area (Å²) < 4.78 is 3.81. The molecule has 6 nitrogen and oxygen atoms in total. The van der Waals surface area contributed by atoms with Crippen LogP contribution in [0.3, 0.4) is 0 Å². The summed E-state index contributed by atoms with van der Waals surface area (Å²) in [6.45, 7) is 1.53. The Kier molecular flexibility index (Phi) is 3.45. The fraction of sp³-hybridized carbons (Fsp3) is 0.214. The number of hydrogen-bond acceptors (Lipinski definition) is 4. The van der Waals surface area contributed by atoms with E-state index in [1.165, 1.54) is 5.56 Å². The summed E-state index contributed by atoms with van der Waals surface area (Å²) >= 11 is 0. The summed E-state index contributed by atoms with van der Waals surface area (Å²) in [6, 6.07) is 8.36. The van der Waals surface area contributed by atoms with Crippen molar-refractivity contribution in [2.75, 3.05) is 5.32 Å². The Balaban J connectivity index is 1.67. The Morgan fingerprint density at radius 1 is 1.30 bits per heavy atom. The van der Waals surface area contributed by atoms with Gasteiger partial charge in [0.25, 0.3) is 0 Å². The van der Waals surface area contributed by atoms with Gasteiger partial charge in [-0.3, -0.25) is 4.68 Å². The van der Waals surface area contributed by atoms with Gasteiger partial charge in [-0.1, -0.05) is 17.3 Å². The van der Waals surface area contributed by atoms with E-state index >= 15 is 0 Å². The van der Waals surface area contributed by atoms with Crippen molar-refractivity contribution in [1.29, 1.82) is 0 Å². The van der Waals surface area contributed by atoms with Crippen LogP contribution in [0, 0.1) is 0 Å². The maximum Gasteiger partial charge on any atom is 0.0949 e. The molecular weight excluding hydrogens is 252 g/mol. The Hall–Kier alpha value is -2.63. The fourth-order valence-electron chi connectivity index (χ4n) is 2.03. The molecular formula is C14H16N6. The quantitative estimate of drug-likeness (QED) is 0.764. The summed E-state index contributed by atoms with van der Waals surface area (Å²) in [5.74, 6) is 0. The molecule has 0 saturated heterocycles. The zero-order valence-corrected chi connectivity index (χ0v) is 11.3. The second kappa shape index (κ2) is 5.56. The molecule has 0 radical (unpaired) electrons. The van der Waals surface area contributed by atoms with E-state index in [0.29, 0.717) is 6.54 Å². The third-order valence-corrected chi connectivity index (χ3v) is 3.13. The molecule has 0 amide bonds. The molecule has 0 saturated carbocycles. The van der Waals surface area contributed by atoms with Crippen molar-refractivity contribution in [3.63, 3.8) is 0 Å². The largest absolute Gasteiger partial charge is 0.379 e. The number of benzene rings is 1. The highest BCUT2D eigenvalue weighted by Gasteiger charge is 2.01. The van der Waals surface area contributed by atoms with Gasteiger partial charge in [0.15, 0.2) is 0 Å². The molecule has 1 N–H and O–H groups in total. The number of nitrogens with one attached hydrogen (secondary N) is 1. The number of anilines is 1. The highest BCUT2D eigenvalue weighted by molar-refractivity contribution is 5.45. The lowest BCUT2D eigenvalue weighted by Crippen LogP contribution is -2.06. The molecule has 0 bridgehead atoms. The molecule has 0 unspecified atom stereocenters. The standard InChI is InChI=1S/C14H16N6/c1-19-14(9-17-18-19)8-16-13-4-2-3-12(7-13)10-20-6-5-15-11-20/h2-7,9,11,16H,8,10H2,1H3. The van der Waals surface area contributed by atoms with Gasteiger partial charge in [0, 0.05) is 31.7 Å². The SMILES string of the molecule is Cn1nncc1CNc1cccc(Cn2ccnc2)c1. The zero-order valence-electron chi connectivity index (χ0n) is 11.3. The predicted octanol–water partition coefficient (Wildman–Crippen LogP) is 1.67. The first-order valence-corrected chi connectivity index (χ1v) is 6.43. The van der Waals surface area contributed by atoms with Crippen LogP contribution in [-0.2, 0) is 20.1 Å². The van der Waals surface area contributed by atoms with Gasteiger partial charge in [0.1, 0.15) is 0 Å². The number of hydrogen-bond donors (Lipinski definition) is 1. The number of aromatic nitrogens is 5. The molecule has 0 aliphatic carbocycles. The predicted molar refractivity (Wildman–Crippen MR) is 76.1 cm³/mol. The van der Waals surface area contributed by atoms with Crippen molar-refractivity contribution in [1.82, 2.24) is 24.5 Å². The van der Waals surface area contributed by atoms with E-state index in [4.69, 9.17) is 0 Å². The first-order valence-electron chi connectivity index (χ1n) is 6.43. The van der Waals surface area contributed by atoms with Crippen LogP contribution in [-0.4, -0.2) is 24.5 Å². The highest BCUT2D eigenvalue weighted by Crippen LogP contribution is 2.13. The van der Waals surface area contributed by atoms with Crippen molar-refractivity contribution >= 4 is 5.69 Å². The number of aryl methyl sites for hydroxylation is 1. The minimum Gasteiger partial charge on any atom is -0.379 e. The van der Waals surface area contributed by atoms with Gasteiger partial charge in [0.05, 0.1) is 24.8 Å². The molecule has 0 fully saturated rings. The molecule has 102 valence electrons. The molecule has 0 spiro atoms. The Bertz CT molecular complexity index is 671. The summed E-state index contributed by atoms with van der Waals surface area (Å²) in [5.41, 5.74) is 3.37. The average molecular weight is 268 g/mol. The number of rotatable bonds is 5. The van der Waals surface area contributed by atoms with E-state index in [1.807, 2.05) is 24.1 Å². The summed E-state index contributed by atoms with van der Waals surface area (Å²) in [4.78, 5) is 4.05. The van der Waals surface area contributed by atoms with Gasteiger partial charge >= 0.3 is 0 Å². The smallest absolute Gasteiger partial charge is 0.0949 e. The topological polar surface area (TPSA) is 60.6 Å². The lowest BCUT2D eigenvalue weighted by atomic mass is 10.2. The number of nitrogens with zero attached hydrogens (tertiary/aromatic N) is 5. The second-order valence-electron chi connectivity index (χ2n) is 4.64. The molecule has 20 heavy (non-hydrogen) atoms. The number of imidazole rings is 1. The Labute approximate surface area is 117 Å². The van der Waals surface area contributed by atoms with E-state index < -0.39 is 0 Å². The van der Waals surface area contributed by atoms with E-state index in [1.54, 1.807) is 17.1 Å². The third kappa shape index (κ3) is 2.85. The van der Waals surface area contributed by atoms with E-state index in [0.717, 1.165) is 17.9 Å². The normalized spacial score (nSPS) is 10.7. The van der Waals surface area contributed by atoms with E-state index in [-0.39, 0.29) is 0 Å².